The fraction of sp³-hybridized carbons (Fsp3) is 0.444. The number of thiophene rings is 1. The second-order valence-corrected chi connectivity index (χ2v) is 7.13. The predicted molar refractivity (Wildman–Crippen MR) is 87.3 cm³/mol. The average Bonchev–Trinajstić information content (AvgIpc) is 2.92. The van der Waals surface area contributed by atoms with Gasteiger partial charge in [0.2, 0.25) is 0 Å². The van der Waals surface area contributed by atoms with Gasteiger partial charge >= 0.3 is 0 Å². The first kappa shape index (κ1) is 14.7. The molecule has 1 unspecified atom stereocenters. The first-order chi connectivity index (χ1) is 10.1. The fourth-order valence-electron chi connectivity index (χ4n) is 3.03. The minimum atomic E-state index is -0.176. The lowest BCUT2D eigenvalue weighted by Crippen LogP contribution is -2.21. The molecule has 0 radical (unpaired) electrons. The Labute approximate surface area is 130 Å². The SMILES string of the molecule is CC(N[C@H](C)c1ccc(F)cc1)c1cc2c(s1)CCCC2. The lowest BCUT2D eigenvalue weighted by Gasteiger charge is -2.19. The van der Waals surface area contributed by atoms with Crippen LogP contribution in [0.25, 0.3) is 0 Å². The van der Waals surface area contributed by atoms with E-state index >= 15 is 0 Å². The highest BCUT2D eigenvalue weighted by molar-refractivity contribution is 7.12. The predicted octanol–water partition coefficient (Wildman–Crippen LogP) is 5.18. The normalized spacial score (nSPS) is 17.3. The quantitative estimate of drug-likeness (QED) is 0.821. The second kappa shape index (κ2) is 6.29. The number of hydrogen-bond acceptors (Lipinski definition) is 2. The molecule has 2 aromatic rings. The molecule has 0 spiro atoms. The van der Waals surface area contributed by atoms with E-state index < -0.39 is 0 Å². The van der Waals surface area contributed by atoms with Gasteiger partial charge in [-0.3, -0.25) is 0 Å². The maximum atomic E-state index is 13.0. The molecule has 1 aromatic heterocycles. The van der Waals surface area contributed by atoms with Crippen molar-refractivity contribution >= 4 is 11.3 Å². The topological polar surface area (TPSA) is 12.0 Å². The smallest absolute Gasteiger partial charge is 0.123 e. The van der Waals surface area contributed by atoms with Gasteiger partial charge in [-0.2, -0.15) is 0 Å². The zero-order valence-electron chi connectivity index (χ0n) is 12.7. The van der Waals surface area contributed by atoms with Crippen LogP contribution in [0.2, 0.25) is 0 Å². The van der Waals surface area contributed by atoms with Crippen LogP contribution in [0.4, 0.5) is 4.39 Å². The molecule has 1 heterocycles. The molecule has 112 valence electrons. The Morgan fingerprint density at radius 1 is 1.05 bits per heavy atom. The van der Waals surface area contributed by atoms with Crippen molar-refractivity contribution in [2.45, 2.75) is 51.6 Å². The van der Waals surface area contributed by atoms with Crippen LogP contribution in [-0.2, 0) is 12.8 Å². The van der Waals surface area contributed by atoms with E-state index in [1.807, 2.05) is 23.5 Å². The van der Waals surface area contributed by atoms with Crippen molar-refractivity contribution in [3.63, 3.8) is 0 Å². The molecule has 2 atom stereocenters. The van der Waals surface area contributed by atoms with Gasteiger partial charge in [-0.1, -0.05) is 12.1 Å². The van der Waals surface area contributed by atoms with Crippen LogP contribution in [0.1, 0.15) is 59.7 Å². The molecule has 1 aliphatic carbocycles. The Kier molecular flexibility index (Phi) is 4.41. The number of fused-ring (bicyclic) bond motifs is 1. The summed E-state index contributed by atoms with van der Waals surface area (Å²) in [5.41, 5.74) is 2.69. The third-order valence-electron chi connectivity index (χ3n) is 4.31. The fourth-order valence-corrected chi connectivity index (χ4v) is 4.30. The minimum Gasteiger partial charge on any atom is -0.303 e. The van der Waals surface area contributed by atoms with E-state index in [1.165, 1.54) is 42.7 Å². The molecule has 0 saturated carbocycles. The van der Waals surface area contributed by atoms with Crippen molar-refractivity contribution in [2.24, 2.45) is 0 Å². The van der Waals surface area contributed by atoms with Crippen LogP contribution < -0.4 is 5.32 Å². The highest BCUT2D eigenvalue weighted by Crippen LogP contribution is 2.33. The summed E-state index contributed by atoms with van der Waals surface area (Å²) in [5.74, 6) is -0.176. The molecular weight excluding hydrogens is 281 g/mol. The summed E-state index contributed by atoms with van der Waals surface area (Å²) in [4.78, 5) is 3.01. The van der Waals surface area contributed by atoms with E-state index in [2.05, 4.69) is 25.2 Å². The van der Waals surface area contributed by atoms with Gasteiger partial charge < -0.3 is 5.32 Å². The summed E-state index contributed by atoms with van der Waals surface area (Å²) in [6.07, 6.45) is 5.16. The summed E-state index contributed by atoms with van der Waals surface area (Å²) < 4.78 is 13.0. The Morgan fingerprint density at radius 2 is 1.76 bits per heavy atom. The summed E-state index contributed by atoms with van der Waals surface area (Å²) in [5, 5.41) is 3.63. The molecule has 0 aliphatic heterocycles. The van der Waals surface area contributed by atoms with Gasteiger partial charge in [-0.15, -0.1) is 11.3 Å². The molecule has 1 N–H and O–H groups in total. The Morgan fingerprint density at radius 3 is 2.48 bits per heavy atom. The van der Waals surface area contributed by atoms with Crippen molar-refractivity contribution in [3.8, 4) is 0 Å². The number of nitrogens with one attached hydrogen (secondary N) is 1. The highest BCUT2D eigenvalue weighted by atomic mass is 32.1. The van der Waals surface area contributed by atoms with E-state index in [0.717, 1.165) is 5.56 Å². The third kappa shape index (κ3) is 3.35. The Hall–Kier alpha value is -1.19. The zero-order chi connectivity index (χ0) is 14.8. The maximum Gasteiger partial charge on any atom is 0.123 e. The van der Waals surface area contributed by atoms with Gasteiger partial charge in [0.15, 0.2) is 0 Å². The third-order valence-corrected chi connectivity index (χ3v) is 5.73. The molecule has 0 bridgehead atoms. The van der Waals surface area contributed by atoms with E-state index in [9.17, 15) is 4.39 Å². The van der Waals surface area contributed by atoms with Crippen molar-refractivity contribution in [1.29, 1.82) is 0 Å². The molecule has 1 aliphatic rings. The Bertz CT molecular complexity index is 579. The number of aryl methyl sites for hydroxylation is 2. The van der Waals surface area contributed by atoms with Gasteiger partial charge in [-0.25, -0.2) is 4.39 Å². The number of rotatable bonds is 4. The molecule has 1 aromatic carbocycles. The summed E-state index contributed by atoms with van der Waals surface area (Å²) >= 11 is 1.96. The van der Waals surface area contributed by atoms with E-state index in [0.29, 0.717) is 6.04 Å². The molecule has 1 nitrogen and oxygen atoms in total. The van der Waals surface area contributed by atoms with Crippen LogP contribution in [0.5, 0.6) is 0 Å². The lowest BCUT2D eigenvalue weighted by molar-refractivity contribution is 0.499. The van der Waals surface area contributed by atoms with Gasteiger partial charge in [-0.05, 0) is 68.9 Å². The van der Waals surface area contributed by atoms with Crippen LogP contribution in [0.3, 0.4) is 0 Å². The molecular formula is C18H22FNS. The maximum absolute atomic E-state index is 13.0. The molecule has 3 heteroatoms. The van der Waals surface area contributed by atoms with E-state index in [1.54, 1.807) is 10.4 Å². The zero-order valence-corrected chi connectivity index (χ0v) is 13.5. The van der Waals surface area contributed by atoms with Crippen molar-refractivity contribution in [1.82, 2.24) is 5.32 Å². The van der Waals surface area contributed by atoms with E-state index in [4.69, 9.17) is 0 Å². The highest BCUT2D eigenvalue weighted by Gasteiger charge is 2.18. The van der Waals surface area contributed by atoms with Crippen LogP contribution in [0.15, 0.2) is 30.3 Å². The molecule has 21 heavy (non-hydrogen) atoms. The Balaban J connectivity index is 1.69. The van der Waals surface area contributed by atoms with Gasteiger partial charge in [0.1, 0.15) is 5.82 Å². The summed E-state index contributed by atoms with van der Waals surface area (Å²) in [6, 6.07) is 9.72. The van der Waals surface area contributed by atoms with Crippen LogP contribution in [-0.4, -0.2) is 0 Å². The second-order valence-electron chi connectivity index (χ2n) is 5.97. The minimum absolute atomic E-state index is 0.176. The first-order valence-electron chi connectivity index (χ1n) is 7.76. The average molecular weight is 303 g/mol. The van der Waals surface area contributed by atoms with Crippen molar-refractivity contribution in [3.05, 3.63) is 57.0 Å². The molecule has 0 amide bonds. The van der Waals surface area contributed by atoms with Crippen molar-refractivity contribution < 1.29 is 4.39 Å². The monoisotopic (exact) mass is 303 g/mol. The van der Waals surface area contributed by atoms with Gasteiger partial charge in [0.05, 0.1) is 0 Å². The molecule has 3 rings (SSSR count). The van der Waals surface area contributed by atoms with Crippen LogP contribution >= 0.6 is 11.3 Å². The van der Waals surface area contributed by atoms with Gasteiger partial charge in [0, 0.05) is 21.8 Å². The number of halogens is 1. The number of benzene rings is 1. The van der Waals surface area contributed by atoms with Crippen LogP contribution in [0, 0.1) is 5.82 Å². The standard InChI is InChI=1S/C18H22FNS/c1-12(14-7-9-16(19)10-8-14)20-13(2)18-11-15-5-3-4-6-17(15)21-18/h7-13,20H,3-6H2,1-2H3/t12-,13?/m1/s1. The summed E-state index contributed by atoms with van der Waals surface area (Å²) in [7, 11) is 0. The molecule has 0 saturated heterocycles. The number of hydrogen-bond donors (Lipinski definition) is 1. The summed E-state index contributed by atoms with van der Waals surface area (Å²) in [6.45, 7) is 4.36. The lowest BCUT2D eigenvalue weighted by atomic mass is 9.99. The van der Waals surface area contributed by atoms with Gasteiger partial charge in [0.25, 0.3) is 0 Å². The molecule has 0 fully saturated rings. The van der Waals surface area contributed by atoms with E-state index in [-0.39, 0.29) is 11.9 Å². The largest absolute Gasteiger partial charge is 0.303 e. The first-order valence-corrected chi connectivity index (χ1v) is 8.58. The van der Waals surface area contributed by atoms with Crippen molar-refractivity contribution in [2.75, 3.05) is 0 Å².